The van der Waals surface area contributed by atoms with E-state index in [9.17, 15) is 9.59 Å². The van der Waals surface area contributed by atoms with E-state index >= 15 is 0 Å². The molecule has 6 nitrogen and oxygen atoms in total. The minimum atomic E-state index is -0.920. The van der Waals surface area contributed by atoms with Crippen LogP contribution in [0.3, 0.4) is 0 Å². The summed E-state index contributed by atoms with van der Waals surface area (Å²) in [6.45, 7) is 1.40. The maximum absolute atomic E-state index is 12.4. The monoisotopic (exact) mass is 279 g/mol. The number of benzene rings is 1. The van der Waals surface area contributed by atoms with Gasteiger partial charge in [-0.15, -0.1) is 0 Å². The smallest absolute Gasteiger partial charge is 0.324 e. The van der Waals surface area contributed by atoms with Crippen molar-refractivity contribution in [2.24, 2.45) is 0 Å². The van der Waals surface area contributed by atoms with Gasteiger partial charge in [0.1, 0.15) is 0 Å². The summed E-state index contributed by atoms with van der Waals surface area (Å²) in [5.41, 5.74) is 0.704. The summed E-state index contributed by atoms with van der Waals surface area (Å²) in [7, 11) is 3.52. The van der Waals surface area contributed by atoms with E-state index in [-0.39, 0.29) is 19.0 Å². The molecule has 1 aromatic carbocycles. The Kier molecular flexibility index (Phi) is 6.52. The number of nitrogens with zero attached hydrogens (tertiary/aromatic N) is 2. The lowest BCUT2D eigenvalue weighted by Crippen LogP contribution is -2.44. The number of likely N-dealkylation sites (N-methyl/N-ethyl adjacent to an activating group) is 2. The Hall–Kier alpha value is -2.08. The number of anilines is 1. The molecule has 0 bridgehead atoms. The third-order valence-electron chi connectivity index (χ3n) is 2.87. The predicted octanol–water partition coefficient (Wildman–Crippen LogP) is 1.24. The normalized spacial score (nSPS) is 10.1. The highest BCUT2D eigenvalue weighted by atomic mass is 16.4. The molecule has 110 valence electrons. The minimum Gasteiger partial charge on any atom is -0.481 e. The number of para-hydroxylation sites is 1. The van der Waals surface area contributed by atoms with Crippen LogP contribution in [0.15, 0.2) is 30.3 Å². The molecular weight excluding hydrogens is 258 g/mol. The molecule has 6 heteroatoms. The number of hydrogen-bond acceptors (Lipinski definition) is 3. The second-order valence-electron chi connectivity index (χ2n) is 4.44. The highest BCUT2D eigenvalue weighted by Gasteiger charge is 2.19. The Morgan fingerprint density at radius 2 is 1.85 bits per heavy atom. The maximum Gasteiger partial charge on any atom is 0.324 e. The van der Waals surface area contributed by atoms with Gasteiger partial charge >= 0.3 is 12.0 Å². The lowest BCUT2D eigenvalue weighted by Gasteiger charge is -2.28. The topological polar surface area (TPSA) is 72.9 Å². The van der Waals surface area contributed by atoms with Gasteiger partial charge in [0.15, 0.2) is 0 Å². The largest absolute Gasteiger partial charge is 0.481 e. The van der Waals surface area contributed by atoms with E-state index in [2.05, 4.69) is 5.32 Å². The molecule has 0 aromatic heterocycles. The zero-order chi connectivity index (χ0) is 15.0. The molecule has 0 heterocycles. The van der Waals surface area contributed by atoms with E-state index in [1.807, 2.05) is 25.2 Å². The van der Waals surface area contributed by atoms with Gasteiger partial charge in [0.2, 0.25) is 0 Å². The molecule has 2 N–H and O–H groups in total. The highest BCUT2D eigenvalue weighted by Crippen LogP contribution is 2.15. The Morgan fingerprint density at radius 3 is 2.40 bits per heavy atom. The summed E-state index contributed by atoms with van der Waals surface area (Å²) >= 11 is 0. The Balaban J connectivity index is 2.81. The minimum absolute atomic E-state index is 0.0828. The number of carboxylic acids is 1. The van der Waals surface area contributed by atoms with Crippen molar-refractivity contribution in [1.82, 2.24) is 10.2 Å². The zero-order valence-corrected chi connectivity index (χ0v) is 11.9. The number of hydrogen-bond donors (Lipinski definition) is 2. The molecule has 0 unspecified atom stereocenters. The molecule has 20 heavy (non-hydrogen) atoms. The van der Waals surface area contributed by atoms with Crippen LogP contribution in [-0.4, -0.2) is 55.7 Å². The molecule has 1 aromatic rings. The number of nitrogens with one attached hydrogen (secondary N) is 1. The van der Waals surface area contributed by atoms with Crippen LogP contribution in [0.4, 0.5) is 10.5 Å². The lowest BCUT2D eigenvalue weighted by molar-refractivity contribution is -0.136. The molecule has 0 saturated heterocycles. The van der Waals surface area contributed by atoms with Crippen LogP contribution >= 0.6 is 0 Å². The van der Waals surface area contributed by atoms with Crippen molar-refractivity contribution < 1.29 is 14.7 Å². The molecule has 1 rings (SSSR count). The third kappa shape index (κ3) is 4.89. The summed E-state index contributed by atoms with van der Waals surface area (Å²) in [5, 5.41) is 11.8. The number of urea groups is 1. The van der Waals surface area contributed by atoms with Crippen LogP contribution < -0.4 is 10.2 Å². The first-order valence-electron chi connectivity index (χ1n) is 6.50. The summed E-state index contributed by atoms with van der Waals surface area (Å²) in [6.07, 6.45) is -0.0828. The molecule has 0 atom stereocenters. The maximum atomic E-state index is 12.4. The molecule has 0 spiro atoms. The van der Waals surface area contributed by atoms with Crippen molar-refractivity contribution in [3.05, 3.63) is 30.3 Å². The molecule has 0 aliphatic heterocycles. The van der Waals surface area contributed by atoms with Gasteiger partial charge in [-0.2, -0.15) is 0 Å². The summed E-state index contributed by atoms with van der Waals surface area (Å²) in [4.78, 5) is 26.2. The number of amides is 2. The van der Waals surface area contributed by atoms with Gasteiger partial charge in [-0.3, -0.25) is 9.69 Å². The fraction of sp³-hybridized carbons (Fsp3) is 0.429. The standard InChI is InChI=1S/C14H21N3O3/c1-15-9-11-16(2)14(20)17(10-8-13(18)19)12-6-4-3-5-7-12/h3-7,15H,8-11H2,1-2H3,(H,18,19). The first-order chi connectivity index (χ1) is 9.56. The van der Waals surface area contributed by atoms with Gasteiger partial charge in [0.05, 0.1) is 6.42 Å². The third-order valence-corrected chi connectivity index (χ3v) is 2.87. The molecule has 0 fully saturated rings. The number of carbonyl (C=O) groups is 2. The summed E-state index contributed by atoms with van der Waals surface area (Å²) in [5.74, 6) is -0.920. The first-order valence-corrected chi connectivity index (χ1v) is 6.50. The molecule has 0 radical (unpaired) electrons. The number of aliphatic carboxylic acids is 1. The van der Waals surface area contributed by atoms with Crippen LogP contribution in [0.25, 0.3) is 0 Å². The van der Waals surface area contributed by atoms with Crippen LogP contribution in [0.5, 0.6) is 0 Å². The van der Waals surface area contributed by atoms with Crippen LogP contribution in [0.1, 0.15) is 6.42 Å². The van der Waals surface area contributed by atoms with Crippen molar-refractivity contribution in [1.29, 1.82) is 0 Å². The molecule has 0 saturated carbocycles. The van der Waals surface area contributed by atoms with Crippen molar-refractivity contribution in [2.75, 3.05) is 38.6 Å². The van der Waals surface area contributed by atoms with Crippen molar-refractivity contribution in [3.8, 4) is 0 Å². The van der Waals surface area contributed by atoms with Gasteiger partial charge in [0, 0.05) is 32.4 Å². The fourth-order valence-electron chi connectivity index (χ4n) is 1.73. The van der Waals surface area contributed by atoms with E-state index in [1.54, 1.807) is 24.1 Å². The van der Waals surface area contributed by atoms with E-state index in [0.717, 1.165) is 0 Å². The molecular formula is C14H21N3O3. The lowest BCUT2D eigenvalue weighted by atomic mass is 10.2. The molecule has 0 aliphatic rings. The average Bonchev–Trinajstić information content (AvgIpc) is 2.45. The van der Waals surface area contributed by atoms with Gasteiger partial charge in [0.25, 0.3) is 0 Å². The van der Waals surface area contributed by atoms with Crippen LogP contribution in [0.2, 0.25) is 0 Å². The average molecular weight is 279 g/mol. The van der Waals surface area contributed by atoms with Gasteiger partial charge in [-0.05, 0) is 19.2 Å². The first kappa shape index (κ1) is 16.0. The Labute approximate surface area is 119 Å². The quantitative estimate of drug-likeness (QED) is 0.787. The molecule has 2 amide bonds. The second kappa shape index (κ2) is 8.16. The van der Waals surface area contributed by atoms with Gasteiger partial charge in [-0.25, -0.2) is 4.79 Å². The Morgan fingerprint density at radius 1 is 1.20 bits per heavy atom. The van der Waals surface area contributed by atoms with Crippen LogP contribution in [0, 0.1) is 0 Å². The highest BCUT2D eigenvalue weighted by molar-refractivity contribution is 5.92. The van der Waals surface area contributed by atoms with Gasteiger partial charge in [-0.1, -0.05) is 18.2 Å². The van der Waals surface area contributed by atoms with Crippen molar-refractivity contribution in [3.63, 3.8) is 0 Å². The van der Waals surface area contributed by atoms with Crippen molar-refractivity contribution >= 4 is 17.7 Å². The van der Waals surface area contributed by atoms with Gasteiger partial charge < -0.3 is 15.3 Å². The van der Waals surface area contributed by atoms with Crippen LogP contribution in [-0.2, 0) is 4.79 Å². The SMILES string of the molecule is CNCCN(C)C(=O)N(CCC(=O)O)c1ccccc1. The molecule has 0 aliphatic carbocycles. The van der Waals surface area contributed by atoms with E-state index in [1.165, 1.54) is 4.90 Å². The number of rotatable bonds is 7. The van der Waals surface area contributed by atoms with Crippen molar-refractivity contribution in [2.45, 2.75) is 6.42 Å². The second-order valence-corrected chi connectivity index (χ2v) is 4.44. The van der Waals surface area contributed by atoms with E-state index in [4.69, 9.17) is 5.11 Å². The Bertz CT molecular complexity index is 437. The van der Waals surface area contributed by atoms with E-state index < -0.39 is 5.97 Å². The fourth-order valence-corrected chi connectivity index (χ4v) is 1.73. The number of carboxylic acid groups (broad SMARTS) is 1. The summed E-state index contributed by atoms with van der Waals surface area (Å²) in [6, 6.07) is 8.90. The predicted molar refractivity (Wildman–Crippen MR) is 78.0 cm³/mol. The zero-order valence-electron chi connectivity index (χ0n) is 11.9. The summed E-state index contributed by atoms with van der Waals surface area (Å²) < 4.78 is 0. The van der Waals surface area contributed by atoms with E-state index in [0.29, 0.717) is 18.8 Å². The number of carbonyl (C=O) groups excluding carboxylic acids is 1.